The van der Waals surface area contributed by atoms with E-state index < -0.39 is 18.8 Å². The minimum atomic E-state index is -4.34. The predicted molar refractivity (Wildman–Crippen MR) is 55.6 cm³/mol. The van der Waals surface area contributed by atoms with E-state index in [0.29, 0.717) is 19.1 Å². The van der Waals surface area contributed by atoms with E-state index in [4.69, 9.17) is 0 Å². The van der Waals surface area contributed by atoms with Crippen LogP contribution in [-0.2, 0) is 0 Å². The Balaban J connectivity index is 1.70. The molecule has 7 heteroatoms. The van der Waals surface area contributed by atoms with E-state index in [2.05, 4.69) is 4.90 Å². The highest BCUT2D eigenvalue weighted by molar-refractivity contribution is 5.74. The van der Waals surface area contributed by atoms with E-state index >= 15 is 0 Å². The molecule has 1 aliphatic heterocycles. The molecular weight excluding hydrogens is 235 g/mol. The average Bonchev–Trinajstić information content (AvgIpc) is 3.09. The Bertz CT molecular complexity index is 283. The molecule has 0 radical (unpaired) electrons. The molecule has 1 saturated heterocycles. The molecule has 1 saturated carbocycles. The Morgan fingerprint density at radius 2 is 1.76 bits per heavy atom. The molecule has 4 nitrogen and oxygen atoms in total. The summed E-state index contributed by atoms with van der Waals surface area (Å²) in [6, 6.07) is 0.0353. The highest BCUT2D eigenvalue weighted by Gasteiger charge is 2.33. The first kappa shape index (κ1) is 12.5. The van der Waals surface area contributed by atoms with Crippen LogP contribution in [0.3, 0.4) is 0 Å². The van der Waals surface area contributed by atoms with Gasteiger partial charge in [-0.3, -0.25) is 4.90 Å². The minimum Gasteiger partial charge on any atom is -0.329 e. The molecule has 0 aromatic heterocycles. The van der Waals surface area contributed by atoms with Gasteiger partial charge in [-0.05, 0) is 12.8 Å². The number of urea groups is 1. The van der Waals surface area contributed by atoms with Crippen molar-refractivity contribution in [2.75, 3.05) is 32.7 Å². The van der Waals surface area contributed by atoms with Crippen LogP contribution in [0.2, 0.25) is 0 Å². The fourth-order valence-electron chi connectivity index (χ4n) is 2.02. The van der Waals surface area contributed by atoms with Crippen LogP contribution in [0, 0.1) is 0 Å². The quantitative estimate of drug-likeness (QED) is 0.796. The summed E-state index contributed by atoms with van der Waals surface area (Å²) in [6.45, 7) is 1.31. The number of alkyl halides is 3. The van der Waals surface area contributed by atoms with Crippen LogP contribution in [0.15, 0.2) is 0 Å². The summed E-state index contributed by atoms with van der Waals surface area (Å²) in [5.41, 5.74) is 0. The minimum absolute atomic E-state index is 0.514. The fourth-order valence-corrected chi connectivity index (χ4v) is 2.02. The summed E-state index contributed by atoms with van der Waals surface area (Å²) in [6.07, 6.45) is -1.92. The van der Waals surface area contributed by atoms with Crippen molar-refractivity contribution in [1.82, 2.24) is 15.1 Å². The molecule has 0 bridgehead atoms. The molecule has 2 amide bonds. The molecule has 0 aromatic rings. The number of nitrogens with one attached hydrogen (secondary N) is 1. The zero-order chi connectivity index (χ0) is 12.5. The lowest BCUT2D eigenvalue weighted by molar-refractivity contribution is -0.123. The number of nitrogens with zero attached hydrogens (tertiary/aromatic N) is 2. The van der Waals surface area contributed by atoms with Gasteiger partial charge in [-0.1, -0.05) is 0 Å². The first-order valence-corrected chi connectivity index (χ1v) is 5.79. The maximum absolute atomic E-state index is 11.9. The van der Waals surface area contributed by atoms with E-state index in [1.807, 2.05) is 5.32 Å². The molecule has 0 unspecified atom stereocenters. The van der Waals surface area contributed by atoms with Crippen molar-refractivity contribution >= 4 is 6.03 Å². The van der Waals surface area contributed by atoms with Gasteiger partial charge in [0.25, 0.3) is 0 Å². The summed E-state index contributed by atoms with van der Waals surface area (Å²) in [4.78, 5) is 15.2. The lowest BCUT2D eigenvalue weighted by Crippen LogP contribution is -2.53. The SMILES string of the molecule is O=C(NCC(F)(F)F)N1CCN(C2CC2)CC1. The lowest BCUT2D eigenvalue weighted by Gasteiger charge is -2.34. The van der Waals surface area contributed by atoms with Gasteiger partial charge < -0.3 is 10.2 Å². The summed E-state index contributed by atoms with van der Waals surface area (Å²) >= 11 is 0. The topological polar surface area (TPSA) is 35.6 Å². The zero-order valence-electron chi connectivity index (χ0n) is 9.46. The molecule has 1 heterocycles. The van der Waals surface area contributed by atoms with Gasteiger partial charge in [-0.15, -0.1) is 0 Å². The van der Waals surface area contributed by atoms with E-state index in [0.717, 1.165) is 13.1 Å². The molecule has 0 atom stereocenters. The van der Waals surface area contributed by atoms with Crippen LogP contribution in [0.1, 0.15) is 12.8 Å². The van der Waals surface area contributed by atoms with Gasteiger partial charge in [0.2, 0.25) is 0 Å². The van der Waals surface area contributed by atoms with Gasteiger partial charge in [0.15, 0.2) is 0 Å². The summed E-state index contributed by atoms with van der Waals surface area (Å²) in [5, 5.41) is 1.90. The third-order valence-electron chi connectivity index (χ3n) is 3.10. The van der Waals surface area contributed by atoms with Gasteiger partial charge in [0, 0.05) is 32.2 Å². The maximum Gasteiger partial charge on any atom is 0.405 e. The van der Waals surface area contributed by atoms with Gasteiger partial charge in [-0.25, -0.2) is 4.79 Å². The Hall–Kier alpha value is -0.980. The molecule has 1 aliphatic carbocycles. The Morgan fingerprint density at radius 1 is 1.18 bits per heavy atom. The Labute approximate surface area is 97.7 Å². The van der Waals surface area contributed by atoms with Crippen molar-refractivity contribution in [3.63, 3.8) is 0 Å². The first-order chi connectivity index (χ1) is 7.96. The van der Waals surface area contributed by atoms with Crippen molar-refractivity contribution in [3.8, 4) is 0 Å². The van der Waals surface area contributed by atoms with Crippen LogP contribution in [0.4, 0.5) is 18.0 Å². The second-order valence-electron chi connectivity index (χ2n) is 4.53. The number of amides is 2. The largest absolute Gasteiger partial charge is 0.405 e. The van der Waals surface area contributed by atoms with E-state index in [9.17, 15) is 18.0 Å². The fraction of sp³-hybridized carbons (Fsp3) is 0.900. The highest BCUT2D eigenvalue weighted by atomic mass is 19.4. The average molecular weight is 251 g/mol. The molecule has 17 heavy (non-hydrogen) atoms. The number of rotatable bonds is 2. The smallest absolute Gasteiger partial charge is 0.329 e. The molecule has 1 N–H and O–H groups in total. The second-order valence-corrected chi connectivity index (χ2v) is 4.53. The number of carbonyl (C=O) groups is 1. The molecule has 98 valence electrons. The predicted octanol–water partition coefficient (Wildman–Crippen LogP) is 1.04. The highest BCUT2D eigenvalue weighted by Crippen LogP contribution is 2.27. The van der Waals surface area contributed by atoms with E-state index in [1.54, 1.807) is 0 Å². The van der Waals surface area contributed by atoms with E-state index in [-0.39, 0.29) is 0 Å². The van der Waals surface area contributed by atoms with Crippen LogP contribution in [0.5, 0.6) is 0 Å². The van der Waals surface area contributed by atoms with Crippen molar-refractivity contribution in [3.05, 3.63) is 0 Å². The van der Waals surface area contributed by atoms with Crippen molar-refractivity contribution in [2.24, 2.45) is 0 Å². The van der Waals surface area contributed by atoms with E-state index in [1.165, 1.54) is 17.7 Å². The van der Waals surface area contributed by atoms with Crippen molar-refractivity contribution in [2.45, 2.75) is 25.1 Å². The number of hydrogen-bond acceptors (Lipinski definition) is 2. The van der Waals surface area contributed by atoms with Crippen molar-refractivity contribution in [1.29, 1.82) is 0 Å². The van der Waals surface area contributed by atoms with Gasteiger partial charge in [0.05, 0.1) is 0 Å². The molecular formula is C10H16F3N3O. The molecule has 2 aliphatic rings. The molecule has 0 aromatic carbocycles. The van der Waals surface area contributed by atoms with Crippen molar-refractivity contribution < 1.29 is 18.0 Å². The standard InChI is InChI=1S/C10H16F3N3O/c11-10(12,13)7-14-9(17)16-5-3-15(4-6-16)8-1-2-8/h8H,1-7H2,(H,14,17). The van der Waals surface area contributed by atoms with Crippen LogP contribution in [-0.4, -0.2) is 60.8 Å². The second kappa shape index (κ2) is 4.72. The zero-order valence-corrected chi connectivity index (χ0v) is 9.46. The molecule has 2 rings (SSSR count). The lowest BCUT2D eigenvalue weighted by atomic mass is 10.3. The summed E-state index contributed by atoms with van der Waals surface area (Å²) < 4.78 is 35.8. The monoisotopic (exact) mass is 251 g/mol. The van der Waals surface area contributed by atoms with Crippen LogP contribution < -0.4 is 5.32 Å². The third-order valence-corrected chi connectivity index (χ3v) is 3.10. The third kappa shape index (κ3) is 3.76. The van der Waals surface area contributed by atoms with Gasteiger partial charge >= 0.3 is 12.2 Å². The van der Waals surface area contributed by atoms with Gasteiger partial charge in [0.1, 0.15) is 6.54 Å². The summed E-state index contributed by atoms with van der Waals surface area (Å²) in [5.74, 6) is 0. The Kier molecular flexibility index (Phi) is 3.46. The molecule has 2 fully saturated rings. The normalized spacial score (nSPS) is 22.6. The number of halogens is 3. The maximum atomic E-state index is 11.9. The molecule has 0 spiro atoms. The number of hydrogen-bond donors (Lipinski definition) is 1. The number of carbonyl (C=O) groups excluding carboxylic acids is 1. The Morgan fingerprint density at radius 3 is 2.24 bits per heavy atom. The first-order valence-electron chi connectivity index (χ1n) is 5.79. The van der Waals surface area contributed by atoms with Crippen LogP contribution in [0.25, 0.3) is 0 Å². The van der Waals surface area contributed by atoms with Gasteiger partial charge in [-0.2, -0.15) is 13.2 Å². The summed E-state index contributed by atoms with van der Waals surface area (Å²) in [7, 11) is 0. The van der Waals surface area contributed by atoms with Crippen LogP contribution >= 0.6 is 0 Å². The number of piperazine rings is 1.